The molecule has 0 aliphatic heterocycles. The summed E-state index contributed by atoms with van der Waals surface area (Å²) in [6.45, 7) is 5.40. The first-order valence-electron chi connectivity index (χ1n) is 10.1. The average Bonchev–Trinajstić information content (AvgIpc) is 3.59. The van der Waals surface area contributed by atoms with Gasteiger partial charge in [-0.05, 0) is 48.1 Å². The summed E-state index contributed by atoms with van der Waals surface area (Å²) in [6.07, 6.45) is 0.875. The van der Waals surface area contributed by atoms with Crippen LogP contribution in [0.3, 0.4) is 0 Å². The van der Waals surface area contributed by atoms with Crippen molar-refractivity contribution in [3.8, 4) is 11.1 Å². The zero-order valence-corrected chi connectivity index (χ0v) is 18.1. The Kier molecular flexibility index (Phi) is 8.97. The first kappa shape index (κ1) is 24.8. The molecule has 3 rings (SSSR count). The second-order valence-electron chi connectivity index (χ2n) is 7.28. The molecule has 1 aliphatic carbocycles. The third-order valence-electron chi connectivity index (χ3n) is 5.51. The Hall–Kier alpha value is -2.49. The Morgan fingerprint density at radius 3 is 2.32 bits per heavy atom. The Balaban J connectivity index is 0.00000166. The largest absolute Gasteiger partial charge is 0.464 e. The molecule has 1 unspecified atom stereocenters. The number of ether oxygens (including phenoxy) is 1. The third kappa shape index (κ3) is 4.89. The van der Waals surface area contributed by atoms with E-state index in [-0.39, 0.29) is 31.4 Å². The van der Waals surface area contributed by atoms with Crippen molar-refractivity contribution in [2.75, 3.05) is 14.2 Å². The molecule has 31 heavy (non-hydrogen) atoms. The lowest BCUT2D eigenvalue weighted by molar-refractivity contribution is 0.0585. The van der Waals surface area contributed by atoms with E-state index >= 15 is 0 Å². The van der Waals surface area contributed by atoms with Crippen molar-refractivity contribution in [3.05, 3.63) is 58.9 Å². The van der Waals surface area contributed by atoms with Crippen LogP contribution in [-0.4, -0.2) is 45.5 Å². The molecule has 1 aliphatic rings. The number of aromatic amines is 1. The van der Waals surface area contributed by atoms with Crippen LogP contribution in [0.25, 0.3) is 11.1 Å². The summed E-state index contributed by atoms with van der Waals surface area (Å²) in [6, 6.07) is 3.42. The van der Waals surface area contributed by atoms with E-state index in [0.717, 1.165) is 12.8 Å². The lowest BCUT2D eigenvalue weighted by Gasteiger charge is -2.19. The molecule has 0 spiro atoms. The van der Waals surface area contributed by atoms with E-state index in [2.05, 4.69) is 23.5 Å². The number of H-pyrrole nitrogens is 1. The van der Waals surface area contributed by atoms with Crippen molar-refractivity contribution >= 4 is 5.97 Å². The van der Waals surface area contributed by atoms with Gasteiger partial charge in [-0.25, -0.2) is 4.79 Å². The van der Waals surface area contributed by atoms with Crippen LogP contribution < -0.4 is 5.32 Å². The maximum Gasteiger partial charge on any atom is 0.354 e. The summed E-state index contributed by atoms with van der Waals surface area (Å²) < 4.78 is 4.92. The maximum absolute atomic E-state index is 12.5. The molecule has 2 aromatic rings. The highest BCUT2D eigenvalue weighted by Gasteiger charge is 2.38. The van der Waals surface area contributed by atoms with Crippen LogP contribution >= 0.6 is 0 Å². The van der Waals surface area contributed by atoms with Crippen molar-refractivity contribution in [1.29, 1.82) is 0 Å². The molecule has 1 fully saturated rings. The van der Waals surface area contributed by atoms with Gasteiger partial charge in [0.2, 0.25) is 0 Å². The number of methoxy groups -OCH3 is 1. The number of aliphatic hydroxyl groups excluding tert-OH is 4. The van der Waals surface area contributed by atoms with Crippen LogP contribution in [0.2, 0.25) is 0 Å². The minimum Gasteiger partial charge on any atom is -0.464 e. The molecule has 0 radical (unpaired) electrons. The minimum atomic E-state index is -0.859. The van der Waals surface area contributed by atoms with Gasteiger partial charge in [-0.15, -0.1) is 13.2 Å². The lowest BCUT2D eigenvalue weighted by Crippen LogP contribution is -2.11. The molecule has 0 bridgehead atoms. The number of carbonyl (C=O) groups is 1. The maximum atomic E-state index is 12.5. The van der Waals surface area contributed by atoms with E-state index in [1.54, 1.807) is 19.2 Å². The van der Waals surface area contributed by atoms with E-state index in [1.807, 2.05) is 0 Å². The molecule has 170 valence electrons. The summed E-state index contributed by atoms with van der Waals surface area (Å²) in [5.41, 5.74) is 3.92. The minimum absolute atomic E-state index is 0.0574. The molecule has 1 aromatic carbocycles. The monoisotopic (exact) mass is 432 g/mol. The van der Waals surface area contributed by atoms with Crippen LogP contribution in [-0.2, 0) is 31.1 Å². The number of esters is 1. The van der Waals surface area contributed by atoms with E-state index in [1.165, 1.54) is 7.11 Å². The molecule has 0 amide bonds. The van der Waals surface area contributed by atoms with Crippen LogP contribution in [0.5, 0.6) is 0 Å². The number of hydrogen-bond donors (Lipinski definition) is 6. The number of hydrogen-bond acceptors (Lipinski definition) is 7. The van der Waals surface area contributed by atoms with Gasteiger partial charge in [0.1, 0.15) is 5.69 Å². The molecule has 6 N–H and O–H groups in total. The van der Waals surface area contributed by atoms with Crippen molar-refractivity contribution in [2.24, 2.45) is 5.92 Å². The second-order valence-corrected chi connectivity index (χ2v) is 7.28. The molecule has 1 heterocycles. The van der Waals surface area contributed by atoms with Gasteiger partial charge in [0.25, 0.3) is 0 Å². The van der Waals surface area contributed by atoms with Gasteiger partial charge in [0, 0.05) is 23.4 Å². The van der Waals surface area contributed by atoms with E-state index in [4.69, 9.17) is 4.74 Å². The van der Waals surface area contributed by atoms with Crippen LogP contribution in [0.1, 0.15) is 57.4 Å². The number of aromatic nitrogens is 1. The van der Waals surface area contributed by atoms with Gasteiger partial charge in [0.15, 0.2) is 0 Å². The average molecular weight is 433 g/mol. The lowest BCUT2D eigenvalue weighted by atomic mass is 9.88. The number of carbonyl (C=O) groups excluding carboxylic acids is 1. The van der Waals surface area contributed by atoms with Crippen molar-refractivity contribution in [2.45, 2.75) is 45.3 Å². The van der Waals surface area contributed by atoms with Crippen molar-refractivity contribution in [3.63, 3.8) is 0 Å². The highest BCUT2D eigenvalue weighted by molar-refractivity contribution is 5.94. The number of benzene rings is 1. The zero-order valence-electron chi connectivity index (χ0n) is 18.1. The zero-order chi connectivity index (χ0) is 23.1. The van der Waals surface area contributed by atoms with Gasteiger partial charge in [-0.1, -0.05) is 12.1 Å². The van der Waals surface area contributed by atoms with Crippen LogP contribution in [0.15, 0.2) is 25.3 Å². The normalized spacial score (nSPS) is 14.0. The molecule has 1 saturated carbocycles. The summed E-state index contributed by atoms with van der Waals surface area (Å²) in [4.78, 5) is 15.5. The predicted molar refractivity (Wildman–Crippen MR) is 117 cm³/mol. The Morgan fingerprint density at radius 2 is 1.84 bits per heavy atom. The fourth-order valence-corrected chi connectivity index (χ4v) is 3.89. The Bertz CT molecular complexity index is 904. The molecule has 8 nitrogen and oxygen atoms in total. The van der Waals surface area contributed by atoms with Gasteiger partial charge in [0.05, 0.1) is 33.0 Å². The molecule has 8 heteroatoms. The van der Waals surface area contributed by atoms with E-state index < -0.39 is 12.1 Å². The van der Waals surface area contributed by atoms with Crippen LogP contribution in [0.4, 0.5) is 0 Å². The Labute approximate surface area is 182 Å². The topological polar surface area (TPSA) is 135 Å². The number of nitrogens with one attached hydrogen (secondary N) is 2. The second kappa shape index (κ2) is 11.2. The van der Waals surface area contributed by atoms with Gasteiger partial charge < -0.3 is 35.5 Å². The Morgan fingerprint density at radius 1 is 1.19 bits per heavy atom. The fraction of sp³-hybridized carbons (Fsp3) is 0.435. The first-order chi connectivity index (χ1) is 15.0. The van der Waals surface area contributed by atoms with Gasteiger partial charge in [-0.2, -0.15) is 0 Å². The molecular formula is C23H32N2O6. The van der Waals surface area contributed by atoms with Gasteiger partial charge >= 0.3 is 5.97 Å². The summed E-state index contributed by atoms with van der Waals surface area (Å²) >= 11 is 0. The van der Waals surface area contributed by atoms with Crippen molar-refractivity contribution < 1.29 is 30.0 Å². The summed E-state index contributed by atoms with van der Waals surface area (Å²) in [7, 11) is 3.05. The van der Waals surface area contributed by atoms with E-state index in [0.29, 0.717) is 45.6 Å². The molecule has 1 aromatic heterocycles. The predicted octanol–water partition coefficient (Wildman–Crippen LogP) is 1.91. The smallest absolute Gasteiger partial charge is 0.354 e. The molecule has 0 saturated heterocycles. The fourth-order valence-electron chi connectivity index (χ4n) is 3.89. The quantitative estimate of drug-likeness (QED) is 0.263. The standard InChI is InChI=1S/C21H28N2O6.C2H4/c1-22-7-16-17(13-6-5-12(8-24)14(9-25)15(13)10-26)18(20(27)11-3-4-11)19(23-16)21(28)29-2;1-2/h5-6,11,20,22-27H,3-4,7-10H2,1-2H3;1-2H2. The SMILES string of the molecule is C=C.CNCc1[nH]c(C(=O)OC)c(C(O)C2CC2)c1-c1ccc(CO)c(CO)c1CO. The van der Waals surface area contributed by atoms with Crippen LogP contribution in [0, 0.1) is 5.92 Å². The highest BCUT2D eigenvalue weighted by atomic mass is 16.5. The van der Waals surface area contributed by atoms with Gasteiger partial charge in [-0.3, -0.25) is 0 Å². The van der Waals surface area contributed by atoms with Crippen molar-refractivity contribution in [1.82, 2.24) is 10.3 Å². The highest BCUT2D eigenvalue weighted by Crippen LogP contribution is 2.47. The summed E-state index contributed by atoms with van der Waals surface area (Å²) in [5.74, 6) is -0.523. The first-order valence-corrected chi connectivity index (χ1v) is 10.1. The number of rotatable bonds is 9. The molecule has 1 atom stereocenters. The van der Waals surface area contributed by atoms with E-state index in [9.17, 15) is 25.2 Å². The molecular weight excluding hydrogens is 400 g/mol. The third-order valence-corrected chi connectivity index (χ3v) is 5.51. The summed E-state index contributed by atoms with van der Waals surface area (Å²) in [5, 5.41) is 43.6. The number of aliphatic hydroxyl groups is 4.